The van der Waals surface area contributed by atoms with Crippen molar-refractivity contribution in [1.82, 2.24) is 5.43 Å². The number of allylic oxidation sites excluding steroid dienone is 1. The Morgan fingerprint density at radius 3 is 2.50 bits per heavy atom. The molecular formula is C6H12N2. The predicted octanol–water partition coefficient (Wildman–Crippen LogP) is 1.51. The molecule has 0 aliphatic heterocycles. The lowest BCUT2D eigenvalue weighted by Gasteiger charge is -1.87. The maximum absolute atomic E-state index is 3.76. The number of hydrazone groups is 1. The molecule has 0 aromatic rings. The fourth-order valence-corrected chi connectivity index (χ4v) is 0.241. The average Bonchev–Trinajstić information content (AvgIpc) is 1.66. The summed E-state index contributed by atoms with van der Waals surface area (Å²) in [5.74, 6) is 0. The van der Waals surface area contributed by atoms with E-state index in [0.29, 0.717) is 0 Å². The second-order valence-corrected chi connectivity index (χ2v) is 1.74. The van der Waals surface area contributed by atoms with Gasteiger partial charge in [-0.15, -0.1) is 0 Å². The van der Waals surface area contributed by atoms with Crippen LogP contribution in [-0.4, -0.2) is 6.21 Å². The van der Waals surface area contributed by atoms with Gasteiger partial charge in [-0.05, 0) is 20.8 Å². The SMILES string of the molecule is C/C=N/NC=C(C)C. The Balaban J connectivity index is 3.30. The van der Waals surface area contributed by atoms with Gasteiger partial charge < -0.3 is 0 Å². The van der Waals surface area contributed by atoms with Crippen LogP contribution in [0.1, 0.15) is 20.8 Å². The molecule has 0 amide bonds. The zero-order valence-electron chi connectivity index (χ0n) is 5.60. The number of nitrogens with zero attached hydrogens (tertiary/aromatic N) is 1. The van der Waals surface area contributed by atoms with Crippen molar-refractivity contribution in [1.29, 1.82) is 0 Å². The van der Waals surface area contributed by atoms with Gasteiger partial charge in [0.05, 0.1) is 0 Å². The molecule has 0 aromatic carbocycles. The van der Waals surface area contributed by atoms with E-state index in [1.165, 1.54) is 5.57 Å². The van der Waals surface area contributed by atoms with Crippen molar-refractivity contribution in [3.8, 4) is 0 Å². The van der Waals surface area contributed by atoms with Gasteiger partial charge in [-0.2, -0.15) is 5.10 Å². The first kappa shape index (κ1) is 7.21. The highest BCUT2D eigenvalue weighted by molar-refractivity contribution is 5.52. The van der Waals surface area contributed by atoms with E-state index in [1.54, 1.807) is 6.21 Å². The van der Waals surface area contributed by atoms with Gasteiger partial charge >= 0.3 is 0 Å². The Hall–Kier alpha value is -0.790. The van der Waals surface area contributed by atoms with Gasteiger partial charge in [0.25, 0.3) is 0 Å². The van der Waals surface area contributed by atoms with Gasteiger partial charge in [-0.1, -0.05) is 5.57 Å². The number of hydrogen-bond donors (Lipinski definition) is 1. The minimum atomic E-state index is 1.22. The van der Waals surface area contributed by atoms with Gasteiger partial charge in [0, 0.05) is 12.4 Å². The molecule has 0 spiro atoms. The molecule has 2 heteroatoms. The molecule has 0 heterocycles. The summed E-state index contributed by atoms with van der Waals surface area (Å²) in [5.41, 5.74) is 3.96. The molecular weight excluding hydrogens is 100 g/mol. The third-order valence-corrected chi connectivity index (χ3v) is 0.557. The van der Waals surface area contributed by atoms with Crippen LogP contribution in [0.25, 0.3) is 0 Å². The third kappa shape index (κ3) is 5.21. The molecule has 0 atom stereocenters. The number of rotatable bonds is 2. The molecule has 0 unspecified atom stereocenters. The van der Waals surface area contributed by atoms with Crippen molar-refractivity contribution in [2.24, 2.45) is 5.10 Å². The molecule has 0 aliphatic carbocycles. The summed E-state index contributed by atoms with van der Waals surface area (Å²) in [4.78, 5) is 0. The number of nitrogens with one attached hydrogen (secondary N) is 1. The first-order valence-electron chi connectivity index (χ1n) is 2.64. The molecule has 0 radical (unpaired) electrons. The molecule has 0 aliphatic rings. The monoisotopic (exact) mass is 112 g/mol. The van der Waals surface area contributed by atoms with Crippen LogP contribution < -0.4 is 5.43 Å². The summed E-state index contributed by atoms with van der Waals surface area (Å²) in [6.45, 7) is 5.89. The van der Waals surface area contributed by atoms with E-state index < -0.39 is 0 Å². The van der Waals surface area contributed by atoms with Crippen molar-refractivity contribution in [3.63, 3.8) is 0 Å². The zero-order chi connectivity index (χ0) is 6.41. The molecule has 46 valence electrons. The normalized spacial score (nSPS) is 9.38. The maximum atomic E-state index is 3.76. The molecule has 0 saturated carbocycles. The minimum Gasteiger partial charge on any atom is -0.286 e. The lowest BCUT2D eigenvalue weighted by atomic mass is 10.4. The Bertz CT molecular complexity index is 99.1. The Labute approximate surface area is 50.3 Å². The molecule has 0 saturated heterocycles. The van der Waals surface area contributed by atoms with Crippen molar-refractivity contribution in [3.05, 3.63) is 11.8 Å². The molecule has 0 rings (SSSR count). The van der Waals surface area contributed by atoms with Crippen LogP contribution in [0, 0.1) is 0 Å². The molecule has 1 N–H and O–H groups in total. The van der Waals surface area contributed by atoms with Gasteiger partial charge in [-0.25, -0.2) is 0 Å². The van der Waals surface area contributed by atoms with Crippen molar-refractivity contribution in [2.75, 3.05) is 0 Å². The molecule has 0 bridgehead atoms. The van der Waals surface area contributed by atoms with Crippen molar-refractivity contribution < 1.29 is 0 Å². The van der Waals surface area contributed by atoms with E-state index in [-0.39, 0.29) is 0 Å². The fourth-order valence-electron chi connectivity index (χ4n) is 0.241. The molecule has 2 nitrogen and oxygen atoms in total. The van der Waals surface area contributed by atoms with Crippen LogP contribution in [0.3, 0.4) is 0 Å². The lowest BCUT2D eigenvalue weighted by Crippen LogP contribution is -1.92. The topological polar surface area (TPSA) is 24.4 Å². The Morgan fingerprint density at radius 2 is 2.12 bits per heavy atom. The second kappa shape index (κ2) is 4.37. The first-order chi connectivity index (χ1) is 3.77. The van der Waals surface area contributed by atoms with Crippen LogP contribution in [0.15, 0.2) is 16.9 Å². The van der Waals surface area contributed by atoms with E-state index in [0.717, 1.165) is 0 Å². The smallest absolute Gasteiger partial charge is 0.0215 e. The van der Waals surface area contributed by atoms with Gasteiger partial charge in [0.1, 0.15) is 0 Å². The highest BCUT2D eigenvalue weighted by atomic mass is 15.3. The van der Waals surface area contributed by atoms with Crippen LogP contribution >= 0.6 is 0 Å². The van der Waals surface area contributed by atoms with E-state index in [9.17, 15) is 0 Å². The Morgan fingerprint density at radius 1 is 1.50 bits per heavy atom. The van der Waals surface area contributed by atoms with Crippen LogP contribution in [0.2, 0.25) is 0 Å². The standard InChI is InChI=1S/C6H12N2/c1-4-7-8-5-6(2)3/h4-5,8H,1-3H3/b7-4+. The lowest BCUT2D eigenvalue weighted by molar-refractivity contribution is 0.956. The van der Waals surface area contributed by atoms with Crippen LogP contribution in [0.4, 0.5) is 0 Å². The second-order valence-electron chi connectivity index (χ2n) is 1.74. The Kier molecular flexibility index (Phi) is 3.94. The summed E-state index contributed by atoms with van der Waals surface area (Å²) in [6.07, 6.45) is 3.56. The molecule has 0 aromatic heterocycles. The first-order valence-corrected chi connectivity index (χ1v) is 2.64. The minimum absolute atomic E-state index is 1.22. The van der Waals surface area contributed by atoms with Gasteiger partial charge in [-0.3, -0.25) is 5.43 Å². The summed E-state index contributed by atoms with van der Waals surface area (Å²) in [7, 11) is 0. The maximum Gasteiger partial charge on any atom is 0.0215 e. The van der Waals surface area contributed by atoms with E-state index >= 15 is 0 Å². The van der Waals surface area contributed by atoms with Crippen LogP contribution in [0.5, 0.6) is 0 Å². The number of hydrogen-bond acceptors (Lipinski definition) is 2. The largest absolute Gasteiger partial charge is 0.286 e. The summed E-state index contributed by atoms with van der Waals surface area (Å²) in [6, 6.07) is 0. The van der Waals surface area contributed by atoms with Gasteiger partial charge in [0.15, 0.2) is 0 Å². The third-order valence-electron chi connectivity index (χ3n) is 0.557. The van der Waals surface area contributed by atoms with E-state index in [2.05, 4.69) is 10.5 Å². The summed E-state index contributed by atoms with van der Waals surface area (Å²) in [5, 5.41) is 3.76. The highest BCUT2D eigenvalue weighted by Crippen LogP contribution is 1.82. The highest BCUT2D eigenvalue weighted by Gasteiger charge is 1.68. The van der Waals surface area contributed by atoms with Gasteiger partial charge in [0.2, 0.25) is 0 Å². The van der Waals surface area contributed by atoms with Crippen LogP contribution in [-0.2, 0) is 0 Å². The van der Waals surface area contributed by atoms with Crippen molar-refractivity contribution >= 4 is 6.21 Å². The van der Waals surface area contributed by atoms with Crippen molar-refractivity contribution in [2.45, 2.75) is 20.8 Å². The fraction of sp³-hybridized carbons (Fsp3) is 0.500. The summed E-state index contributed by atoms with van der Waals surface area (Å²) < 4.78 is 0. The molecule has 8 heavy (non-hydrogen) atoms. The zero-order valence-corrected chi connectivity index (χ0v) is 5.60. The van der Waals surface area contributed by atoms with E-state index in [1.807, 2.05) is 27.0 Å². The predicted molar refractivity (Wildman–Crippen MR) is 36.7 cm³/mol. The summed E-state index contributed by atoms with van der Waals surface area (Å²) >= 11 is 0. The van der Waals surface area contributed by atoms with E-state index in [4.69, 9.17) is 0 Å². The molecule has 0 fully saturated rings. The quantitative estimate of drug-likeness (QED) is 0.425. The average molecular weight is 112 g/mol.